The molecule has 0 radical (unpaired) electrons. The van der Waals surface area contributed by atoms with Crippen LogP contribution in [0.4, 0.5) is 5.69 Å². The second kappa shape index (κ2) is 7.56. The van der Waals surface area contributed by atoms with Gasteiger partial charge in [-0.1, -0.05) is 24.1 Å². The molecule has 0 unspecified atom stereocenters. The van der Waals surface area contributed by atoms with Crippen molar-refractivity contribution >= 4 is 33.2 Å². The molecule has 0 bridgehead atoms. The van der Waals surface area contributed by atoms with Crippen LogP contribution in [0, 0.1) is 0 Å². The van der Waals surface area contributed by atoms with E-state index in [1.807, 2.05) is 0 Å². The molecule has 1 aliphatic heterocycles. The fourth-order valence-corrected chi connectivity index (χ4v) is 4.48. The molecule has 1 fully saturated rings. The molecule has 1 heterocycles. The van der Waals surface area contributed by atoms with E-state index in [9.17, 15) is 13.2 Å². The topological polar surface area (TPSA) is 66.5 Å². The molecule has 1 saturated heterocycles. The highest BCUT2D eigenvalue weighted by atomic mass is 35.5. The third kappa shape index (κ3) is 4.21. The Morgan fingerprint density at radius 1 is 1.00 bits per heavy atom. The number of nitrogens with zero attached hydrogens (tertiary/aromatic N) is 1. The lowest BCUT2D eigenvalue weighted by molar-refractivity contribution is 0.102. The maximum Gasteiger partial charge on any atom is 0.255 e. The number of carbonyl (C=O) groups is 1. The van der Waals surface area contributed by atoms with Gasteiger partial charge in [-0.25, -0.2) is 8.42 Å². The number of piperidine rings is 1. The highest BCUT2D eigenvalue weighted by Crippen LogP contribution is 2.22. The summed E-state index contributed by atoms with van der Waals surface area (Å²) in [4.78, 5) is 12.6. The molecule has 1 aliphatic rings. The molecular formula is C18H19ClN2O3S. The van der Waals surface area contributed by atoms with E-state index in [1.54, 1.807) is 36.4 Å². The van der Waals surface area contributed by atoms with Gasteiger partial charge in [-0.15, -0.1) is 0 Å². The van der Waals surface area contributed by atoms with E-state index in [0.717, 1.165) is 19.3 Å². The van der Waals surface area contributed by atoms with E-state index in [1.165, 1.54) is 16.4 Å². The molecule has 0 aromatic heterocycles. The summed E-state index contributed by atoms with van der Waals surface area (Å²) in [7, 11) is -3.56. The lowest BCUT2D eigenvalue weighted by Crippen LogP contribution is -2.35. The van der Waals surface area contributed by atoms with E-state index < -0.39 is 10.0 Å². The molecule has 0 atom stereocenters. The third-order valence-electron chi connectivity index (χ3n) is 4.15. The summed E-state index contributed by atoms with van der Waals surface area (Å²) in [5.74, 6) is -0.363. The molecule has 2 aromatic carbocycles. The predicted molar refractivity (Wildman–Crippen MR) is 98.5 cm³/mol. The van der Waals surface area contributed by atoms with Crippen molar-refractivity contribution in [3.8, 4) is 0 Å². The quantitative estimate of drug-likeness (QED) is 0.880. The Bertz CT molecular complexity index is 860. The van der Waals surface area contributed by atoms with Crippen LogP contribution >= 0.6 is 11.6 Å². The van der Waals surface area contributed by atoms with E-state index >= 15 is 0 Å². The molecule has 132 valence electrons. The molecule has 1 N–H and O–H groups in total. The van der Waals surface area contributed by atoms with Crippen LogP contribution < -0.4 is 5.32 Å². The van der Waals surface area contributed by atoms with Gasteiger partial charge in [0.15, 0.2) is 0 Å². The van der Waals surface area contributed by atoms with Crippen LogP contribution in [0.1, 0.15) is 29.6 Å². The number of benzene rings is 2. The number of halogens is 1. The van der Waals surface area contributed by atoms with Crippen molar-refractivity contribution in [3.63, 3.8) is 0 Å². The lowest BCUT2D eigenvalue weighted by Gasteiger charge is -2.26. The minimum atomic E-state index is -3.56. The summed E-state index contributed by atoms with van der Waals surface area (Å²) >= 11 is 5.83. The van der Waals surface area contributed by atoms with Crippen molar-refractivity contribution in [3.05, 3.63) is 59.1 Å². The summed E-state index contributed by atoms with van der Waals surface area (Å²) in [6.07, 6.45) is 2.79. The van der Waals surface area contributed by atoms with Gasteiger partial charge in [0.05, 0.1) is 4.90 Å². The first kappa shape index (κ1) is 17.9. The summed E-state index contributed by atoms with van der Waals surface area (Å²) in [5.41, 5.74) is 0.895. The van der Waals surface area contributed by atoms with Gasteiger partial charge in [0.25, 0.3) is 5.91 Å². The van der Waals surface area contributed by atoms with Crippen molar-refractivity contribution in [2.45, 2.75) is 24.2 Å². The Balaban J connectivity index is 1.80. The molecule has 0 aliphatic carbocycles. The van der Waals surface area contributed by atoms with Gasteiger partial charge in [-0.2, -0.15) is 4.31 Å². The average Bonchev–Trinajstić information content (AvgIpc) is 2.64. The zero-order chi connectivity index (χ0) is 17.9. The molecule has 0 saturated carbocycles. The number of hydrogen-bond acceptors (Lipinski definition) is 3. The monoisotopic (exact) mass is 378 g/mol. The maximum absolute atomic E-state index is 12.7. The van der Waals surface area contributed by atoms with Crippen LogP contribution in [-0.2, 0) is 10.0 Å². The number of hydrogen-bond donors (Lipinski definition) is 1. The Hall–Kier alpha value is -1.89. The molecule has 0 spiro atoms. The summed E-state index contributed by atoms with van der Waals surface area (Å²) in [5, 5.41) is 3.31. The van der Waals surface area contributed by atoms with Crippen LogP contribution in [-0.4, -0.2) is 31.7 Å². The Kier molecular flexibility index (Phi) is 5.42. The number of rotatable bonds is 4. The SMILES string of the molecule is O=C(Nc1ccc(Cl)cc1)c1cccc(S(=O)(=O)N2CCCCC2)c1. The van der Waals surface area contributed by atoms with Crippen molar-refractivity contribution in [2.75, 3.05) is 18.4 Å². The first-order valence-electron chi connectivity index (χ1n) is 8.14. The maximum atomic E-state index is 12.7. The van der Waals surface area contributed by atoms with Gasteiger partial charge in [-0.3, -0.25) is 4.79 Å². The first-order valence-corrected chi connectivity index (χ1v) is 9.96. The van der Waals surface area contributed by atoms with Crippen LogP contribution in [0.3, 0.4) is 0 Å². The first-order chi connectivity index (χ1) is 12.0. The zero-order valence-electron chi connectivity index (χ0n) is 13.6. The number of nitrogens with one attached hydrogen (secondary N) is 1. The van der Waals surface area contributed by atoms with Crippen molar-refractivity contribution < 1.29 is 13.2 Å². The van der Waals surface area contributed by atoms with Crippen molar-refractivity contribution in [1.29, 1.82) is 0 Å². The normalized spacial score (nSPS) is 15.7. The van der Waals surface area contributed by atoms with E-state index in [4.69, 9.17) is 11.6 Å². The highest BCUT2D eigenvalue weighted by molar-refractivity contribution is 7.89. The fraction of sp³-hybridized carbons (Fsp3) is 0.278. The highest BCUT2D eigenvalue weighted by Gasteiger charge is 2.26. The van der Waals surface area contributed by atoms with Crippen molar-refractivity contribution in [2.24, 2.45) is 0 Å². The number of anilines is 1. The van der Waals surface area contributed by atoms with Crippen LogP contribution in [0.2, 0.25) is 5.02 Å². The van der Waals surface area contributed by atoms with Gasteiger partial charge >= 0.3 is 0 Å². The van der Waals surface area contributed by atoms with E-state index in [-0.39, 0.29) is 10.8 Å². The van der Waals surface area contributed by atoms with Crippen molar-refractivity contribution in [1.82, 2.24) is 4.31 Å². The predicted octanol–water partition coefficient (Wildman–Crippen LogP) is 3.77. The number of amides is 1. The molecule has 7 heteroatoms. The van der Waals surface area contributed by atoms with Gasteiger partial charge in [-0.05, 0) is 55.3 Å². The Morgan fingerprint density at radius 3 is 2.36 bits per heavy atom. The van der Waals surface area contributed by atoms with Crippen LogP contribution in [0.25, 0.3) is 0 Å². The largest absolute Gasteiger partial charge is 0.322 e. The van der Waals surface area contributed by atoms with Gasteiger partial charge in [0.2, 0.25) is 10.0 Å². The number of carbonyl (C=O) groups excluding carboxylic acids is 1. The molecule has 3 rings (SSSR count). The second-order valence-corrected chi connectivity index (χ2v) is 8.33. The number of sulfonamides is 1. The van der Waals surface area contributed by atoms with E-state index in [2.05, 4.69) is 5.32 Å². The van der Waals surface area contributed by atoms with Gasteiger partial charge in [0, 0.05) is 29.4 Å². The summed E-state index contributed by atoms with van der Waals surface area (Å²) < 4.78 is 27.0. The summed E-state index contributed by atoms with van der Waals surface area (Å²) in [6, 6.07) is 12.9. The fourth-order valence-electron chi connectivity index (χ4n) is 2.79. The smallest absolute Gasteiger partial charge is 0.255 e. The van der Waals surface area contributed by atoms with Crippen LogP contribution in [0.5, 0.6) is 0 Å². The minimum Gasteiger partial charge on any atom is -0.322 e. The summed E-state index contributed by atoms with van der Waals surface area (Å²) in [6.45, 7) is 1.06. The van der Waals surface area contributed by atoms with E-state index in [0.29, 0.717) is 29.4 Å². The zero-order valence-corrected chi connectivity index (χ0v) is 15.2. The van der Waals surface area contributed by atoms with Gasteiger partial charge in [0.1, 0.15) is 0 Å². The lowest BCUT2D eigenvalue weighted by atomic mass is 10.2. The Labute approximate surface area is 152 Å². The standard InChI is InChI=1S/C18H19ClN2O3S/c19-15-7-9-16(10-8-15)20-18(22)14-5-4-6-17(13-14)25(23,24)21-11-2-1-3-12-21/h4-10,13H,1-3,11-12H2,(H,20,22). The van der Waals surface area contributed by atoms with Crippen LogP contribution in [0.15, 0.2) is 53.4 Å². The minimum absolute atomic E-state index is 0.151. The average molecular weight is 379 g/mol. The molecular weight excluding hydrogens is 360 g/mol. The molecule has 2 aromatic rings. The molecule has 25 heavy (non-hydrogen) atoms. The molecule has 5 nitrogen and oxygen atoms in total. The molecule has 1 amide bonds. The Morgan fingerprint density at radius 2 is 1.68 bits per heavy atom. The van der Waals surface area contributed by atoms with Gasteiger partial charge < -0.3 is 5.32 Å². The third-order valence-corrected chi connectivity index (χ3v) is 6.30. The second-order valence-electron chi connectivity index (χ2n) is 5.95.